The number of methoxy groups -OCH3 is 1. The number of esters is 3. The molecular weight excluding hydrogens is 550 g/mol. The highest BCUT2D eigenvalue weighted by Crippen LogP contribution is 2.61. The minimum absolute atomic E-state index is 0.0627. The summed E-state index contributed by atoms with van der Waals surface area (Å²) in [5, 5.41) is 0. The van der Waals surface area contributed by atoms with Gasteiger partial charge in [-0.2, -0.15) is 0 Å². The predicted molar refractivity (Wildman–Crippen MR) is 159 cm³/mol. The van der Waals surface area contributed by atoms with Gasteiger partial charge in [-0.05, 0) is 58.0 Å². The van der Waals surface area contributed by atoms with Gasteiger partial charge in [-0.15, -0.1) is 0 Å². The van der Waals surface area contributed by atoms with E-state index < -0.39 is 35.5 Å². The molecule has 1 unspecified atom stereocenters. The van der Waals surface area contributed by atoms with Gasteiger partial charge in [-0.25, -0.2) is 0 Å². The molecule has 1 spiro atoms. The van der Waals surface area contributed by atoms with E-state index in [-0.39, 0.29) is 36.9 Å². The first-order valence-electron chi connectivity index (χ1n) is 15.1. The average molecular weight is 594 g/mol. The first-order chi connectivity index (χ1) is 20.4. The number of rotatable bonds is 9. The van der Waals surface area contributed by atoms with Gasteiger partial charge in [0.2, 0.25) is 0 Å². The van der Waals surface area contributed by atoms with Crippen molar-refractivity contribution in [1.29, 1.82) is 0 Å². The van der Waals surface area contributed by atoms with Crippen molar-refractivity contribution in [2.45, 2.75) is 89.8 Å². The fourth-order valence-corrected chi connectivity index (χ4v) is 6.93. The van der Waals surface area contributed by atoms with E-state index in [1.54, 1.807) is 27.9 Å². The number of nitrogens with zero attached hydrogens (tertiary/aromatic N) is 1. The summed E-state index contributed by atoms with van der Waals surface area (Å²) < 4.78 is 29.3. The van der Waals surface area contributed by atoms with Crippen LogP contribution in [0.25, 0.3) is 0 Å². The number of benzene rings is 2. The van der Waals surface area contributed by atoms with Crippen molar-refractivity contribution in [3.63, 3.8) is 0 Å². The van der Waals surface area contributed by atoms with Crippen LogP contribution in [0.5, 0.6) is 11.5 Å². The Bertz CT molecular complexity index is 1350. The van der Waals surface area contributed by atoms with Crippen molar-refractivity contribution in [3.8, 4) is 11.5 Å². The Kier molecular flexibility index (Phi) is 8.75. The SMILES string of the molecule is COc1ccc2c3c1O[C@H]1C[C@H](OC(=O)[C@@H](CC(=O)OCc4ccccc4)CC(=O)OC(C)(C)C)C(C)[C@@]31CCN(C)C2. The number of carbonyl (C=O) groups excluding carboxylic acids is 3. The molecule has 43 heavy (non-hydrogen) atoms. The molecule has 0 N–H and O–H groups in total. The van der Waals surface area contributed by atoms with Crippen LogP contribution in [0, 0.1) is 11.8 Å². The summed E-state index contributed by atoms with van der Waals surface area (Å²) in [5.74, 6) is -1.34. The number of hydrogen-bond donors (Lipinski definition) is 0. The molecule has 0 radical (unpaired) electrons. The molecular formula is C34H43NO8. The van der Waals surface area contributed by atoms with Crippen molar-refractivity contribution in [2.75, 3.05) is 20.7 Å². The van der Waals surface area contributed by atoms with Crippen molar-refractivity contribution in [1.82, 2.24) is 4.90 Å². The molecule has 2 aromatic carbocycles. The van der Waals surface area contributed by atoms with Crippen molar-refractivity contribution in [3.05, 3.63) is 59.2 Å². The molecule has 0 saturated heterocycles. The smallest absolute Gasteiger partial charge is 0.310 e. The molecule has 0 bridgehead atoms. The Hall–Kier alpha value is -3.59. The molecule has 9 nitrogen and oxygen atoms in total. The molecule has 1 aliphatic carbocycles. The summed E-state index contributed by atoms with van der Waals surface area (Å²) in [6.07, 6.45) is 0.158. The summed E-state index contributed by atoms with van der Waals surface area (Å²) >= 11 is 0. The zero-order chi connectivity index (χ0) is 30.9. The zero-order valence-electron chi connectivity index (χ0n) is 26.0. The Morgan fingerprint density at radius 3 is 2.49 bits per heavy atom. The molecule has 5 rings (SSSR count). The highest BCUT2D eigenvalue weighted by atomic mass is 16.6. The van der Waals surface area contributed by atoms with Crippen LogP contribution in [-0.2, 0) is 47.2 Å². The molecule has 0 amide bonds. The minimum Gasteiger partial charge on any atom is -0.493 e. The second-order valence-corrected chi connectivity index (χ2v) is 13.1. The second kappa shape index (κ2) is 12.2. The topological polar surface area (TPSA) is 101 Å². The van der Waals surface area contributed by atoms with E-state index in [1.165, 1.54) is 5.56 Å². The molecule has 2 aliphatic heterocycles. The van der Waals surface area contributed by atoms with Crippen LogP contribution >= 0.6 is 0 Å². The number of carbonyl (C=O) groups is 3. The molecule has 0 aromatic heterocycles. The van der Waals surface area contributed by atoms with Crippen LogP contribution in [0.3, 0.4) is 0 Å². The van der Waals surface area contributed by atoms with Crippen molar-refractivity contribution >= 4 is 17.9 Å². The van der Waals surface area contributed by atoms with Gasteiger partial charge in [0, 0.05) is 29.9 Å². The largest absolute Gasteiger partial charge is 0.493 e. The van der Waals surface area contributed by atoms with E-state index in [0.29, 0.717) is 12.2 Å². The summed E-state index contributed by atoms with van der Waals surface area (Å²) in [6, 6.07) is 13.4. The molecule has 2 aromatic rings. The maximum Gasteiger partial charge on any atom is 0.310 e. The highest BCUT2D eigenvalue weighted by molar-refractivity contribution is 5.84. The fraction of sp³-hybridized carbons (Fsp3) is 0.559. The van der Waals surface area contributed by atoms with Gasteiger partial charge >= 0.3 is 17.9 Å². The van der Waals surface area contributed by atoms with E-state index >= 15 is 0 Å². The lowest BCUT2D eigenvalue weighted by Gasteiger charge is -2.34. The summed E-state index contributed by atoms with van der Waals surface area (Å²) in [6.45, 7) is 9.14. The molecule has 1 fully saturated rings. The Balaban J connectivity index is 1.34. The lowest BCUT2D eigenvalue weighted by atomic mass is 9.69. The third kappa shape index (κ3) is 6.37. The maximum absolute atomic E-state index is 13.7. The standard InChI is InChI=1S/C34H43NO8/c1-21-26(18-27-34(21)14-15-35(5)19-23-12-13-25(39-6)31(42-27)30(23)34)41-32(38)24(17-29(37)43-33(2,3)4)16-28(36)40-20-22-10-8-7-9-11-22/h7-13,21,24,26-27H,14-20H2,1-6H3/t21?,24-,26-,27-,34+/m0/s1. The van der Waals surface area contributed by atoms with E-state index in [4.69, 9.17) is 23.7 Å². The molecule has 5 atom stereocenters. The summed E-state index contributed by atoms with van der Waals surface area (Å²) in [4.78, 5) is 41.6. The normalized spacial score (nSPS) is 25.0. The molecule has 3 aliphatic rings. The zero-order valence-corrected chi connectivity index (χ0v) is 26.0. The van der Waals surface area contributed by atoms with Gasteiger partial charge < -0.3 is 28.6 Å². The van der Waals surface area contributed by atoms with Gasteiger partial charge in [-0.1, -0.05) is 43.3 Å². The van der Waals surface area contributed by atoms with Gasteiger partial charge in [0.15, 0.2) is 11.5 Å². The lowest BCUT2D eigenvalue weighted by Crippen LogP contribution is -2.40. The molecule has 2 heterocycles. The monoisotopic (exact) mass is 593 g/mol. The molecule has 9 heteroatoms. The average Bonchev–Trinajstić information content (AvgIpc) is 3.34. The fourth-order valence-electron chi connectivity index (χ4n) is 6.93. The highest BCUT2D eigenvalue weighted by Gasteiger charge is 2.62. The van der Waals surface area contributed by atoms with Crippen LogP contribution in [0.15, 0.2) is 42.5 Å². The minimum atomic E-state index is -1.03. The quantitative estimate of drug-likeness (QED) is 0.295. The van der Waals surface area contributed by atoms with Gasteiger partial charge in [0.05, 0.1) is 25.9 Å². The van der Waals surface area contributed by atoms with Crippen LogP contribution in [0.2, 0.25) is 0 Å². The van der Waals surface area contributed by atoms with Crippen molar-refractivity contribution < 1.29 is 38.1 Å². The molecule has 1 saturated carbocycles. The lowest BCUT2D eigenvalue weighted by molar-refractivity contribution is -0.167. The van der Waals surface area contributed by atoms with Crippen LogP contribution < -0.4 is 9.47 Å². The van der Waals surface area contributed by atoms with Gasteiger partial charge in [-0.3, -0.25) is 14.4 Å². The predicted octanol–water partition coefficient (Wildman–Crippen LogP) is 4.96. The third-order valence-electron chi connectivity index (χ3n) is 8.98. The van der Waals surface area contributed by atoms with Gasteiger partial charge in [0.25, 0.3) is 0 Å². The first-order valence-corrected chi connectivity index (χ1v) is 15.1. The van der Waals surface area contributed by atoms with Gasteiger partial charge in [0.1, 0.15) is 24.4 Å². The Labute approximate surface area is 253 Å². The van der Waals surface area contributed by atoms with E-state index in [9.17, 15) is 14.4 Å². The second-order valence-electron chi connectivity index (χ2n) is 13.1. The summed E-state index contributed by atoms with van der Waals surface area (Å²) in [5.41, 5.74) is 2.11. The van der Waals surface area contributed by atoms with Crippen molar-refractivity contribution in [2.24, 2.45) is 11.8 Å². The Morgan fingerprint density at radius 2 is 1.79 bits per heavy atom. The van der Waals surface area contributed by atoms with E-state index in [1.807, 2.05) is 36.4 Å². The Morgan fingerprint density at radius 1 is 1.07 bits per heavy atom. The van der Waals surface area contributed by atoms with Crippen LogP contribution in [0.4, 0.5) is 0 Å². The maximum atomic E-state index is 13.7. The summed E-state index contributed by atoms with van der Waals surface area (Å²) in [7, 11) is 3.76. The molecule has 232 valence electrons. The number of ether oxygens (including phenoxy) is 5. The number of hydrogen-bond acceptors (Lipinski definition) is 9. The third-order valence-corrected chi connectivity index (χ3v) is 8.98. The van der Waals surface area contributed by atoms with E-state index in [2.05, 4.69) is 24.9 Å². The first kappa shape index (κ1) is 30.9. The van der Waals surface area contributed by atoms with Crippen LogP contribution in [-0.4, -0.2) is 61.3 Å². The van der Waals surface area contributed by atoms with E-state index in [0.717, 1.165) is 36.4 Å². The van der Waals surface area contributed by atoms with Crippen LogP contribution in [0.1, 0.15) is 70.1 Å².